The molecule has 192 valence electrons. The van der Waals surface area contributed by atoms with Gasteiger partial charge in [0.2, 0.25) is 5.91 Å². The number of aryl methyl sites for hydroxylation is 1. The second-order valence-corrected chi connectivity index (χ2v) is 11.6. The molecule has 2 saturated heterocycles. The Morgan fingerprint density at radius 2 is 2.03 bits per heavy atom. The summed E-state index contributed by atoms with van der Waals surface area (Å²) in [5, 5.41) is 16.6. The minimum absolute atomic E-state index is 0.0421. The number of hydrogen-bond acceptors (Lipinski definition) is 6. The Hall–Kier alpha value is -2.86. The Bertz CT molecular complexity index is 1530. The fourth-order valence-electron chi connectivity index (χ4n) is 6.14. The first-order valence-electron chi connectivity index (χ1n) is 11.3. The molecule has 0 bridgehead atoms. The zero-order valence-corrected chi connectivity index (χ0v) is 21.3. The molecular weight excluding hydrogens is 549 g/mol. The van der Waals surface area contributed by atoms with Crippen molar-refractivity contribution in [3.8, 4) is 0 Å². The fourth-order valence-corrected chi connectivity index (χ4v) is 7.55. The van der Waals surface area contributed by atoms with Crippen molar-refractivity contribution in [2.45, 2.75) is 30.8 Å². The van der Waals surface area contributed by atoms with Gasteiger partial charge in [-0.25, -0.2) is 13.8 Å². The molecular formula is C24H18Cl2F2N4O4S. The van der Waals surface area contributed by atoms with Crippen LogP contribution in [0.15, 0.2) is 30.3 Å². The molecule has 8 nitrogen and oxygen atoms in total. The summed E-state index contributed by atoms with van der Waals surface area (Å²) in [7, 11) is 0. The van der Waals surface area contributed by atoms with Gasteiger partial charge < -0.3 is 15.7 Å². The number of hydrogen-bond donors (Lipinski definition) is 3. The average Bonchev–Trinajstić information content (AvgIpc) is 3.47. The van der Waals surface area contributed by atoms with Crippen molar-refractivity contribution in [3.63, 3.8) is 0 Å². The number of aliphatic carboxylic acids is 1. The number of thiazole rings is 1. The van der Waals surface area contributed by atoms with Crippen LogP contribution in [-0.4, -0.2) is 51.3 Å². The van der Waals surface area contributed by atoms with E-state index in [1.165, 1.54) is 23.5 Å². The van der Waals surface area contributed by atoms with Gasteiger partial charge in [-0.15, -0.1) is 11.3 Å². The van der Waals surface area contributed by atoms with Crippen molar-refractivity contribution in [2.24, 2.45) is 11.8 Å². The molecule has 3 aromatic rings. The fraction of sp³-hybridized carbons (Fsp3) is 0.333. The maximum absolute atomic E-state index is 14.8. The van der Waals surface area contributed by atoms with E-state index in [0.29, 0.717) is 5.69 Å². The highest BCUT2D eigenvalue weighted by Gasteiger charge is 2.74. The smallest absolute Gasteiger partial charge is 0.310 e. The van der Waals surface area contributed by atoms with E-state index in [1.54, 1.807) is 18.2 Å². The van der Waals surface area contributed by atoms with Crippen molar-refractivity contribution in [1.29, 1.82) is 0 Å². The zero-order chi connectivity index (χ0) is 26.4. The summed E-state index contributed by atoms with van der Waals surface area (Å²) in [5.41, 5.74) is -0.824. The predicted molar refractivity (Wildman–Crippen MR) is 134 cm³/mol. The molecule has 1 aromatic heterocycles. The lowest BCUT2D eigenvalue weighted by molar-refractivity contribution is -0.153. The van der Waals surface area contributed by atoms with Gasteiger partial charge in [-0.1, -0.05) is 23.2 Å². The number of carbonyl (C=O) groups excluding carboxylic acids is 2. The van der Waals surface area contributed by atoms with E-state index in [2.05, 4.69) is 15.6 Å². The Kier molecular flexibility index (Phi) is 5.34. The molecule has 1 spiro atoms. The number of carboxylic acid groups (broad SMARTS) is 1. The molecule has 0 saturated carbocycles. The molecule has 4 heterocycles. The predicted octanol–water partition coefficient (Wildman–Crippen LogP) is 4.74. The van der Waals surface area contributed by atoms with Crippen LogP contribution < -0.4 is 10.6 Å². The summed E-state index contributed by atoms with van der Waals surface area (Å²) >= 11 is 13.9. The quantitative estimate of drug-likeness (QED) is 0.422. The third-order valence-corrected chi connectivity index (χ3v) is 8.82. The molecule has 2 amide bonds. The number of nitrogens with zero attached hydrogens (tertiary/aromatic N) is 2. The summed E-state index contributed by atoms with van der Waals surface area (Å²) in [4.78, 5) is 45.5. The highest BCUT2D eigenvalue weighted by molar-refractivity contribution is 7.18. The number of nitrogens with one attached hydrogen (secondary N) is 2. The average molecular weight is 567 g/mol. The molecule has 6 rings (SSSR count). The number of rotatable bonds is 3. The number of alkyl halides is 2. The van der Waals surface area contributed by atoms with Crippen molar-refractivity contribution in [3.05, 3.63) is 50.9 Å². The third-order valence-electron chi connectivity index (χ3n) is 7.37. The Labute approximate surface area is 222 Å². The van der Waals surface area contributed by atoms with Crippen LogP contribution in [0.3, 0.4) is 0 Å². The first kappa shape index (κ1) is 24.5. The SMILES string of the molecule is Cc1nc2ccc(NC(=O)[C@H]3[C@H]4CC(F)(F)CN4[C@]4(C(=O)Nc5c(Cl)cc(Cl)cc54)[C@H]3C(=O)O)cc2s1. The normalized spacial score (nSPS) is 27.9. The first-order valence-corrected chi connectivity index (χ1v) is 12.9. The molecule has 4 atom stereocenters. The molecule has 3 aliphatic rings. The summed E-state index contributed by atoms with van der Waals surface area (Å²) in [6.45, 7) is 0.949. The highest BCUT2D eigenvalue weighted by atomic mass is 35.5. The van der Waals surface area contributed by atoms with E-state index >= 15 is 0 Å². The van der Waals surface area contributed by atoms with E-state index in [4.69, 9.17) is 23.2 Å². The molecule has 0 unspecified atom stereocenters. The Balaban J connectivity index is 1.49. The number of aromatic nitrogens is 1. The number of fused-ring (bicyclic) bond motifs is 5. The van der Waals surface area contributed by atoms with E-state index in [-0.39, 0.29) is 21.3 Å². The van der Waals surface area contributed by atoms with Gasteiger partial charge in [0.1, 0.15) is 11.5 Å². The summed E-state index contributed by atoms with van der Waals surface area (Å²) in [6, 6.07) is 6.50. The topological polar surface area (TPSA) is 112 Å². The highest BCUT2D eigenvalue weighted by Crippen LogP contribution is 2.61. The maximum atomic E-state index is 14.8. The number of carbonyl (C=O) groups is 3. The summed E-state index contributed by atoms with van der Waals surface area (Å²) in [5.74, 6) is -9.47. The molecule has 13 heteroatoms. The van der Waals surface area contributed by atoms with Crippen molar-refractivity contribution < 1.29 is 28.3 Å². The second kappa shape index (κ2) is 8.07. The number of halogens is 4. The number of anilines is 2. The lowest BCUT2D eigenvalue weighted by Crippen LogP contribution is -2.54. The third kappa shape index (κ3) is 3.48. The van der Waals surface area contributed by atoms with Gasteiger partial charge in [0, 0.05) is 28.7 Å². The lowest BCUT2D eigenvalue weighted by Gasteiger charge is -2.35. The molecule has 2 aromatic carbocycles. The lowest BCUT2D eigenvalue weighted by atomic mass is 9.73. The Morgan fingerprint density at radius 3 is 2.76 bits per heavy atom. The van der Waals surface area contributed by atoms with Crippen LogP contribution >= 0.6 is 34.5 Å². The van der Waals surface area contributed by atoms with Gasteiger partial charge in [-0.05, 0) is 37.3 Å². The van der Waals surface area contributed by atoms with Crippen LogP contribution in [0.2, 0.25) is 10.0 Å². The van der Waals surface area contributed by atoms with E-state index < -0.39 is 60.1 Å². The van der Waals surface area contributed by atoms with Crippen molar-refractivity contribution in [2.75, 3.05) is 17.2 Å². The number of benzene rings is 2. The van der Waals surface area contributed by atoms with E-state index in [1.807, 2.05) is 6.92 Å². The molecule has 3 N–H and O–H groups in total. The van der Waals surface area contributed by atoms with Crippen LogP contribution in [0.5, 0.6) is 0 Å². The molecule has 0 radical (unpaired) electrons. The minimum atomic E-state index is -3.25. The maximum Gasteiger partial charge on any atom is 0.310 e. The largest absolute Gasteiger partial charge is 0.481 e. The zero-order valence-electron chi connectivity index (χ0n) is 19.0. The Morgan fingerprint density at radius 1 is 1.27 bits per heavy atom. The van der Waals surface area contributed by atoms with Gasteiger partial charge in [0.05, 0.1) is 38.4 Å². The second-order valence-electron chi connectivity index (χ2n) is 9.53. The van der Waals surface area contributed by atoms with Gasteiger partial charge in [0.25, 0.3) is 11.8 Å². The van der Waals surface area contributed by atoms with E-state index in [9.17, 15) is 28.3 Å². The van der Waals surface area contributed by atoms with E-state index in [0.717, 1.165) is 20.1 Å². The summed E-state index contributed by atoms with van der Waals surface area (Å²) in [6.07, 6.45) is -0.777. The molecule has 3 aliphatic heterocycles. The van der Waals surface area contributed by atoms with Crippen molar-refractivity contribution >= 4 is 73.9 Å². The minimum Gasteiger partial charge on any atom is -0.481 e. The van der Waals surface area contributed by atoms with Gasteiger partial charge >= 0.3 is 5.97 Å². The monoisotopic (exact) mass is 566 g/mol. The van der Waals surface area contributed by atoms with Crippen LogP contribution in [-0.2, 0) is 19.9 Å². The van der Waals surface area contributed by atoms with Crippen LogP contribution in [0.4, 0.5) is 20.2 Å². The first-order chi connectivity index (χ1) is 17.4. The standard InChI is InChI=1S/C24H18Cl2F2N4O4S/c1-9-29-14-3-2-11(6-16(14)37-9)30-20(33)17-15-7-23(27,28)8-32(15)24(18(17)21(34)35)12-4-10(25)5-13(26)19(12)31-22(24)36/h2-6,15,17-18H,7-8H2,1H3,(H,30,33)(H,31,36)(H,34,35)/t15-,17+,18-,24+/m1/s1. The molecule has 2 fully saturated rings. The van der Waals surface area contributed by atoms with Gasteiger partial charge in [0.15, 0.2) is 0 Å². The molecule has 0 aliphatic carbocycles. The number of amides is 2. The van der Waals surface area contributed by atoms with Crippen molar-refractivity contribution in [1.82, 2.24) is 9.88 Å². The van der Waals surface area contributed by atoms with Gasteiger partial charge in [-0.2, -0.15) is 0 Å². The van der Waals surface area contributed by atoms with Gasteiger partial charge in [-0.3, -0.25) is 19.3 Å². The van der Waals surface area contributed by atoms with Crippen LogP contribution in [0, 0.1) is 18.8 Å². The summed E-state index contributed by atoms with van der Waals surface area (Å²) < 4.78 is 30.4. The van der Waals surface area contributed by atoms with Crippen LogP contribution in [0.1, 0.15) is 17.0 Å². The molecule has 37 heavy (non-hydrogen) atoms. The van der Waals surface area contributed by atoms with Crippen LogP contribution in [0.25, 0.3) is 10.2 Å². The number of carboxylic acids is 1.